The van der Waals surface area contributed by atoms with Crippen LogP contribution in [0.5, 0.6) is 0 Å². The van der Waals surface area contributed by atoms with E-state index in [9.17, 15) is 28.9 Å². The predicted octanol–water partition coefficient (Wildman–Crippen LogP) is 14.9. The lowest BCUT2D eigenvalue weighted by Gasteiger charge is -2.21. The van der Waals surface area contributed by atoms with Gasteiger partial charge in [-0.1, -0.05) is 169 Å². The molecule has 0 rings (SSSR count). The van der Waals surface area contributed by atoms with Crippen LogP contribution in [-0.4, -0.2) is 66.5 Å². The minimum Gasteiger partial charge on any atom is -0.462 e. The number of rotatable bonds is 47. The largest absolute Gasteiger partial charge is 0.472 e. The summed E-state index contributed by atoms with van der Waals surface area (Å²) in [4.78, 5) is 48.3. The van der Waals surface area contributed by atoms with Crippen LogP contribution in [-0.2, 0) is 42.2 Å². The number of aliphatic hydroxyl groups is 1. The van der Waals surface area contributed by atoms with E-state index in [1.54, 1.807) is 0 Å². The smallest absolute Gasteiger partial charge is 0.462 e. The van der Waals surface area contributed by atoms with Crippen molar-refractivity contribution in [1.29, 1.82) is 0 Å². The van der Waals surface area contributed by atoms with Crippen molar-refractivity contribution in [2.75, 3.05) is 26.4 Å². The zero-order valence-corrected chi connectivity index (χ0v) is 43.4. The Bertz CT molecular complexity index is 1510. The Morgan fingerprint density at radius 2 is 0.765 bits per heavy atom. The second-order valence-electron chi connectivity index (χ2n) is 16.9. The molecule has 0 aliphatic heterocycles. The Labute approximate surface area is 412 Å². The molecule has 3 unspecified atom stereocenters. The van der Waals surface area contributed by atoms with Crippen molar-refractivity contribution in [1.82, 2.24) is 0 Å². The van der Waals surface area contributed by atoms with Gasteiger partial charge >= 0.3 is 25.7 Å². The second-order valence-corrected chi connectivity index (χ2v) is 18.4. The van der Waals surface area contributed by atoms with Gasteiger partial charge in [0.2, 0.25) is 0 Å². The van der Waals surface area contributed by atoms with Gasteiger partial charge in [0.15, 0.2) is 6.10 Å². The van der Waals surface area contributed by atoms with Gasteiger partial charge in [-0.3, -0.25) is 23.4 Å². The molecule has 0 amide bonds. The molecule has 0 radical (unpaired) electrons. The minimum atomic E-state index is -4.76. The molecule has 0 saturated carbocycles. The van der Waals surface area contributed by atoms with E-state index in [0.717, 1.165) is 128 Å². The van der Waals surface area contributed by atoms with Crippen LogP contribution in [0.2, 0.25) is 0 Å². The number of hydrogen-bond donors (Lipinski definition) is 2. The van der Waals surface area contributed by atoms with Crippen molar-refractivity contribution in [3.8, 4) is 0 Å². The molecule has 0 spiro atoms. The van der Waals surface area contributed by atoms with E-state index < -0.39 is 57.8 Å². The lowest BCUT2D eigenvalue weighted by molar-refractivity contribution is -0.161. The number of carbonyl (C=O) groups is 3. The Hall–Kier alpha value is -3.60. The summed E-state index contributed by atoms with van der Waals surface area (Å²) >= 11 is 0. The van der Waals surface area contributed by atoms with E-state index in [2.05, 4.69) is 118 Å². The molecule has 0 heterocycles. The SMILES string of the molecule is CC/C=C\C/C=C\C/C=C\C/C=C\CCCCC(=O)OC(COC(=O)CCCCCCC/C=C\C/C=C\C/C=C\CC)COP(=O)(O)OCC(CO)OC(=O)CCCCCCC/C=C\CCCC. The molecule has 0 aromatic rings. The molecular weight excluding hydrogens is 880 g/mol. The first-order valence-corrected chi connectivity index (χ1v) is 27.6. The van der Waals surface area contributed by atoms with Crippen LogP contribution in [0, 0.1) is 0 Å². The zero-order chi connectivity index (χ0) is 49.9. The first-order chi connectivity index (χ1) is 33.2. The lowest BCUT2D eigenvalue weighted by Crippen LogP contribution is -2.30. The number of hydrogen-bond acceptors (Lipinski definition) is 10. The first kappa shape index (κ1) is 64.4. The molecule has 0 aromatic heterocycles. The third kappa shape index (κ3) is 47.5. The number of allylic oxidation sites excluding steroid dienone is 16. The first-order valence-electron chi connectivity index (χ1n) is 26.1. The summed E-state index contributed by atoms with van der Waals surface area (Å²) in [5.41, 5.74) is 0. The summed E-state index contributed by atoms with van der Waals surface area (Å²) in [6.07, 6.45) is 56.7. The van der Waals surface area contributed by atoms with Gasteiger partial charge in [0.1, 0.15) is 12.7 Å². The quantitative estimate of drug-likeness (QED) is 0.0197. The van der Waals surface area contributed by atoms with Crippen molar-refractivity contribution in [2.24, 2.45) is 0 Å². The van der Waals surface area contributed by atoms with Gasteiger partial charge in [0.05, 0.1) is 19.8 Å². The maximum atomic E-state index is 12.8. The van der Waals surface area contributed by atoms with Crippen molar-refractivity contribution in [3.05, 3.63) is 97.2 Å². The molecule has 388 valence electrons. The summed E-state index contributed by atoms with van der Waals surface area (Å²) in [5.74, 6) is -1.56. The Balaban J connectivity index is 4.86. The van der Waals surface area contributed by atoms with E-state index in [1.165, 1.54) is 12.8 Å². The van der Waals surface area contributed by atoms with Crippen molar-refractivity contribution < 1.29 is 52.2 Å². The van der Waals surface area contributed by atoms with Crippen LogP contribution >= 0.6 is 7.82 Å². The molecule has 3 atom stereocenters. The maximum Gasteiger partial charge on any atom is 0.472 e. The topological polar surface area (TPSA) is 155 Å². The molecule has 0 bridgehead atoms. The fourth-order valence-electron chi connectivity index (χ4n) is 6.52. The summed E-state index contributed by atoms with van der Waals surface area (Å²) in [6.45, 7) is 4.27. The zero-order valence-electron chi connectivity index (χ0n) is 42.5. The van der Waals surface area contributed by atoms with Crippen molar-refractivity contribution in [3.63, 3.8) is 0 Å². The number of carbonyl (C=O) groups excluding carboxylic acids is 3. The highest BCUT2D eigenvalue weighted by molar-refractivity contribution is 7.47. The molecule has 0 aliphatic carbocycles. The van der Waals surface area contributed by atoms with Gasteiger partial charge in [-0.2, -0.15) is 0 Å². The van der Waals surface area contributed by atoms with E-state index in [1.807, 2.05) is 0 Å². The third-order valence-corrected chi connectivity index (χ3v) is 11.4. The van der Waals surface area contributed by atoms with Gasteiger partial charge in [-0.05, 0) is 109 Å². The number of phosphoric acid groups is 1. The van der Waals surface area contributed by atoms with Crippen LogP contribution in [0.3, 0.4) is 0 Å². The summed E-state index contributed by atoms with van der Waals surface area (Å²) in [6, 6.07) is 0. The normalized spacial score (nSPS) is 14.2. The van der Waals surface area contributed by atoms with E-state index >= 15 is 0 Å². The summed E-state index contributed by atoms with van der Waals surface area (Å²) < 4.78 is 39.3. The number of ether oxygens (including phenoxy) is 3. The Kier molecular flexibility index (Phi) is 47.2. The highest BCUT2D eigenvalue weighted by Crippen LogP contribution is 2.43. The fraction of sp³-hybridized carbons (Fsp3) is 0.661. The van der Waals surface area contributed by atoms with Gasteiger partial charge in [0, 0.05) is 19.3 Å². The standard InChI is InChI=1S/C56H93O11P/c1-4-7-10-13-16-19-22-24-26-28-31-33-36-39-42-45-54(58)63-49-53(67-56(60)47-44-41-38-35-32-29-27-25-23-20-17-14-11-8-5-2)51-65-68(61,62)64-50-52(48-57)66-55(59)46-43-40-37-34-30-21-18-15-12-9-6-3/h7-8,10-11,15-20,24-27,32,35,52-53,57H,4-6,9,12-14,21-23,28-31,33-34,36-51H2,1-3H3,(H,61,62)/b10-7-,11-8-,18-15-,19-16-,20-17-,26-24-,27-25-,35-32-. The summed E-state index contributed by atoms with van der Waals surface area (Å²) in [5, 5.41) is 9.76. The number of aliphatic hydroxyl groups excluding tert-OH is 1. The van der Waals surface area contributed by atoms with Gasteiger partial charge in [0.25, 0.3) is 0 Å². The van der Waals surface area contributed by atoms with Crippen LogP contribution in [0.1, 0.15) is 201 Å². The Morgan fingerprint density at radius 3 is 1.22 bits per heavy atom. The summed E-state index contributed by atoms with van der Waals surface area (Å²) in [7, 11) is -4.76. The second kappa shape index (κ2) is 49.8. The number of phosphoric ester groups is 1. The average molecular weight is 973 g/mol. The van der Waals surface area contributed by atoms with E-state index in [-0.39, 0.29) is 25.9 Å². The van der Waals surface area contributed by atoms with Crippen LogP contribution in [0.15, 0.2) is 97.2 Å². The molecule has 2 N–H and O–H groups in total. The van der Waals surface area contributed by atoms with Crippen LogP contribution in [0.25, 0.3) is 0 Å². The Morgan fingerprint density at radius 1 is 0.426 bits per heavy atom. The molecule has 0 aliphatic rings. The van der Waals surface area contributed by atoms with Gasteiger partial charge < -0.3 is 24.2 Å². The molecule has 0 fully saturated rings. The lowest BCUT2D eigenvalue weighted by atomic mass is 10.1. The minimum absolute atomic E-state index is 0.107. The van der Waals surface area contributed by atoms with Crippen molar-refractivity contribution in [2.45, 2.75) is 213 Å². The monoisotopic (exact) mass is 973 g/mol. The van der Waals surface area contributed by atoms with E-state index in [4.69, 9.17) is 23.3 Å². The molecule has 68 heavy (non-hydrogen) atoms. The molecular formula is C56H93O11P. The highest BCUT2D eigenvalue weighted by atomic mass is 31.2. The van der Waals surface area contributed by atoms with Crippen LogP contribution in [0.4, 0.5) is 0 Å². The van der Waals surface area contributed by atoms with E-state index in [0.29, 0.717) is 19.3 Å². The molecule has 0 saturated heterocycles. The maximum absolute atomic E-state index is 12.8. The molecule has 12 heteroatoms. The average Bonchev–Trinajstić information content (AvgIpc) is 3.32. The molecule has 0 aromatic carbocycles. The highest BCUT2D eigenvalue weighted by Gasteiger charge is 2.28. The predicted molar refractivity (Wildman–Crippen MR) is 279 cm³/mol. The van der Waals surface area contributed by atoms with Crippen LogP contribution < -0.4 is 0 Å². The number of esters is 3. The fourth-order valence-corrected chi connectivity index (χ4v) is 7.30. The van der Waals surface area contributed by atoms with Gasteiger partial charge in [-0.25, -0.2) is 4.57 Å². The third-order valence-electron chi connectivity index (χ3n) is 10.5. The van der Waals surface area contributed by atoms with Crippen molar-refractivity contribution >= 4 is 25.7 Å². The molecule has 11 nitrogen and oxygen atoms in total. The number of unbranched alkanes of at least 4 members (excludes halogenated alkanes) is 14. The van der Waals surface area contributed by atoms with Gasteiger partial charge in [-0.15, -0.1) is 0 Å².